The number of phenols is 1. The zero-order valence-corrected chi connectivity index (χ0v) is 12.6. The molecule has 2 heteroatoms. The van der Waals surface area contributed by atoms with E-state index in [0.29, 0.717) is 17.1 Å². The maximum atomic E-state index is 9.74. The molecule has 102 valence electrons. The van der Waals surface area contributed by atoms with Crippen molar-refractivity contribution in [2.75, 3.05) is 6.54 Å². The van der Waals surface area contributed by atoms with Gasteiger partial charge >= 0.3 is 0 Å². The maximum Gasteiger partial charge on any atom is 0.121 e. The fourth-order valence-electron chi connectivity index (χ4n) is 1.88. The van der Waals surface area contributed by atoms with Gasteiger partial charge in [0.05, 0.1) is 0 Å². The summed E-state index contributed by atoms with van der Waals surface area (Å²) >= 11 is 0. The van der Waals surface area contributed by atoms with Crippen LogP contribution in [-0.4, -0.2) is 11.7 Å². The van der Waals surface area contributed by atoms with E-state index < -0.39 is 0 Å². The molecule has 0 saturated carbocycles. The van der Waals surface area contributed by atoms with E-state index in [9.17, 15) is 5.11 Å². The molecule has 0 aromatic heterocycles. The van der Waals surface area contributed by atoms with E-state index in [1.165, 1.54) is 5.56 Å². The summed E-state index contributed by atoms with van der Waals surface area (Å²) in [5.74, 6) is 1.08. The minimum absolute atomic E-state index is 0.307. The fraction of sp³-hybridized carbons (Fsp3) is 0.625. The topological polar surface area (TPSA) is 32.3 Å². The molecule has 0 amide bonds. The Morgan fingerprint density at radius 3 is 2.11 bits per heavy atom. The molecule has 0 radical (unpaired) electrons. The van der Waals surface area contributed by atoms with Crippen LogP contribution < -0.4 is 5.32 Å². The highest BCUT2D eigenvalue weighted by molar-refractivity contribution is 5.42. The quantitative estimate of drug-likeness (QED) is 0.832. The third-order valence-corrected chi connectivity index (χ3v) is 4.02. The first-order valence-corrected chi connectivity index (χ1v) is 6.74. The molecule has 2 nitrogen and oxygen atoms in total. The number of phenolic OH excluding ortho intramolecular Hbond substituents is 1. The highest BCUT2D eigenvalue weighted by atomic mass is 16.3. The monoisotopic (exact) mass is 249 g/mol. The molecule has 18 heavy (non-hydrogen) atoms. The lowest BCUT2D eigenvalue weighted by molar-refractivity contribution is 0.238. The van der Waals surface area contributed by atoms with Crippen LogP contribution in [0, 0.1) is 25.2 Å². The Morgan fingerprint density at radius 2 is 1.67 bits per heavy atom. The number of benzene rings is 1. The van der Waals surface area contributed by atoms with Gasteiger partial charge in [-0.2, -0.15) is 0 Å². The molecular formula is C16H27NO. The summed E-state index contributed by atoms with van der Waals surface area (Å²) < 4.78 is 0. The van der Waals surface area contributed by atoms with Crippen molar-refractivity contribution in [3.8, 4) is 5.75 Å². The van der Waals surface area contributed by atoms with Crippen LogP contribution in [0.5, 0.6) is 5.75 Å². The van der Waals surface area contributed by atoms with E-state index in [4.69, 9.17) is 0 Å². The summed E-state index contributed by atoms with van der Waals surface area (Å²) in [6, 6.07) is 4.11. The predicted octanol–water partition coefficient (Wildman–Crippen LogP) is 3.78. The molecule has 0 spiro atoms. The fourth-order valence-corrected chi connectivity index (χ4v) is 1.88. The molecule has 0 unspecified atom stereocenters. The van der Waals surface area contributed by atoms with E-state index in [1.807, 2.05) is 13.8 Å². The second-order valence-electron chi connectivity index (χ2n) is 6.33. The van der Waals surface area contributed by atoms with Gasteiger partial charge in [-0.3, -0.25) is 0 Å². The third-order valence-electron chi connectivity index (χ3n) is 4.02. The summed E-state index contributed by atoms with van der Waals surface area (Å²) in [4.78, 5) is 0. The van der Waals surface area contributed by atoms with E-state index in [2.05, 4.69) is 45.1 Å². The first-order chi connectivity index (χ1) is 8.24. The standard InChI is InChI=1S/C16H27NO/c1-11(2)16(5,6)10-17-9-14-7-12(3)15(18)13(4)8-14/h7-8,11,17-18H,9-10H2,1-6H3. The summed E-state index contributed by atoms with van der Waals surface area (Å²) in [6.07, 6.45) is 0. The highest BCUT2D eigenvalue weighted by Gasteiger charge is 2.21. The lowest BCUT2D eigenvalue weighted by atomic mass is 9.81. The van der Waals surface area contributed by atoms with E-state index in [1.54, 1.807) is 0 Å². The second-order valence-corrected chi connectivity index (χ2v) is 6.33. The Labute approximate surface area is 111 Å². The van der Waals surface area contributed by atoms with Crippen molar-refractivity contribution in [3.05, 3.63) is 28.8 Å². The van der Waals surface area contributed by atoms with Gasteiger partial charge in [-0.05, 0) is 41.9 Å². The molecular weight excluding hydrogens is 222 g/mol. The summed E-state index contributed by atoms with van der Waals surface area (Å²) in [5.41, 5.74) is 3.45. The van der Waals surface area contributed by atoms with Gasteiger partial charge in [-0.15, -0.1) is 0 Å². The Morgan fingerprint density at radius 1 is 1.17 bits per heavy atom. The van der Waals surface area contributed by atoms with Crippen molar-refractivity contribution in [3.63, 3.8) is 0 Å². The van der Waals surface area contributed by atoms with Crippen LogP contribution in [0.4, 0.5) is 0 Å². The van der Waals surface area contributed by atoms with Crippen LogP contribution in [0.25, 0.3) is 0 Å². The van der Waals surface area contributed by atoms with Crippen molar-refractivity contribution in [2.24, 2.45) is 11.3 Å². The van der Waals surface area contributed by atoms with Crippen molar-refractivity contribution in [1.29, 1.82) is 0 Å². The van der Waals surface area contributed by atoms with Gasteiger partial charge in [0.25, 0.3) is 0 Å². The van der Waals surface area contributed by atoms with Gasteiger partial charge in [-0.1, -0.05) is 39.8 Å². The molecule has 0 aliphatic carbocycles. The van der Waals surface area contributed by atoms with E-state index in [-0.39, 0.29) is 0 Å². The summed E-state index contributed by atoms with van der Waals surface area (Å²) in [7, 11) is 0. The number of hydrogen-bond donors (Lipinski definition) is 2. The van der Waals surface area contributed by atoms with Crippen LogP contribution in [0.2, 0.25) is 0 Å². The van der Waals surface area contributed by atoms with Crippen LogP contribution in [0.3, 0.4) is 0 Å². The Kier molecular flexibility index (Phi) is 4.80. The van der Waals surface area contributed by atoms with Crippen molar-refractivity contribution < 1.29 is 5.11 Å². The minimum Gasteiger partial charge on any atom is -0.507 e. The molecule has 0 atom stereocenters. The van der Waals surface area contributed by atoms with E-state index >= 15 is 0 Å². The number of aryl methyl sites for hydroxylation is 2. The highest BCUT2D eigenvalue weighted by Crippen LogP contribution is 2.25. The van der Waals surface area contributed by atoms with Gasteiger partial charge in [0, 0.05) is 13.1 Å². The number of aromatic hydroxyl groups is 1. The Hall–Kier alpha value is -1.02. The Balaban J connectivity index is 2.60. The van der Waals surface area contributed by atoms with Crippen LogP contribution in [-0.2, 0) is 6.54 Å². The van der Waals surface area contributed by atoms with Gasteiger partial charge in [-0.25, -0.2) is 0 Å². The lowest BCUT2D eigenvalue weighted by Crippen LogP contribution is -2.33. The van der Waals surface area contributed by atoms with Crippen LogP contribution in [0.1, 0.15) is 44.4 Å². The zero-order valence-electron chi connectivity index (χ0n) is 12.6. The van der Waals surface area contributed by atoms with Crippen LogP contribution >= 0.6 is 0 Å². The molecule has 0 saturated heterocycles. The molecule has 1 aromatic carbocycles. The third kappa shape index (κ3) is 3.74. The minimum atomic E-state index is 0.307. The SMILES string of the molecule is Cc1cc(CNCC(C)(C)C(C)C)cc(C)c1O. The Bertz CT molecular complexity index is 385. The predicted molar refractivity (Wildman–Crippen MR) is 77.9 cm³/mol. The second kappa shape index (κ2) is 5.75. The van der Waals surface area contributed by atoms with Gasteiger partial charge < -0.3 is 10.4 Å². The normalized spacial score (nSPS) is 12.2. The molecule has 1 rings (SSSR count). The molecule has 0 fully saturated rings. The molecule has 1 aromatic rings. The number of rotatable bonds is 5. The largest absolute Gasteiger partial charge is 0.507 e. The smallest absolute Gasteiger partial charge is 0.121 e. The zero-order chi connectivity index (χ0) is 13.9. The first kappa shape index (κ1) is 15.0. The van der Waals surface area contributed by atoms with Crippen molar-refractivity contribution in [1.82, 2.24) is 5.32 Å². The summed E-state index contributed by atoms with van der Waals surface area (Å²) in [5, 5.41) is 13.3. The lowest BCUT2D eigenvalue weighted by Gasteiger charge is -2.29. The van der Waals surface area contributed by atoms with Gasteiger partial charge in [0.15, 0.2) is 0 Å². The average Bonchev–Trinajstić information content (AvgIpc) is 2.25. The number of hydrogen-bond acceptors (Lipinski definition) is 2. The number of nitrogens with one attached hydrogen (secondary N) is 1. The average molecular weight is 249 g/mol. The molecule has 0 aliphatic heterocycles. The van der Waals surface area contributed by atoms with Crippen molar-refractivity contribution >= 4 is 0 Å². The van der Waals surface area contributed by atoms with Crippen LogP contribution in [0.15, 0.2) is 12.1 Å². The molecule has 2 N–H and O–H groups in total. The van der Waals surface area contributed by atoms with Crippen molar-refractivity contribution in [2.45, 2.75) is 48.1 Å². The summed E-state index contributed by atoms with van der Waals surface area (Å²) in [6.45, 7) is 14.9. The molecule has 0 aliphatic rings. The molecule has 0 heterocycles. The first-order valence-electron chi connectivity index (χ1n) is 6.74. The van der Waals surface area contributed by atoms with Gasteiger partial charge in [0.2, 0.25) is 0 Å². The molecule has 0 bridgehead atoms. The van der Waals surface area contributed by atoms with Gasteiger partial charge in [0.1, 0.15) is 5.75 Å². The maximum absolute atomic E-state index is 9.74. The van der Waals surface area contributed by atoms with E-state index in [0.717, 1.165) is 24.2 Å².